The van der Waals surface area contributed by atoms with Crippen molar-refractivity contribution in [2.24, 2.45) is 0 Å². The number of hydrogen-bond donors (Lipinski definition) is 0. The maximum Gasteiger partial charge on any atom is 0.343 e. The first-order valence-electron chi connectivity index (χ1n) is 9.17. The van der Waals surface area contributed by atoms with Gasteiger partial charge < -0.3 is 14.2 Å². The Morgan fingerprint density at radius 3 is 1.79 bits per heavy atom. The highest BCUT2D eigenvalue weighted by Crippen LogP contribution is 2.42. The van der Waals surface area contributed by atoms with Crippen molar-refractivity contribution in [3.05, 3.63) is 52.8 Å². The highest BCUT2D eigenvalue weighted by Gasteiger charge is 2.30. The van der Waals surface area contributed by atoms with E-state index >= 15 is 0 Å². The van der Waals surface area contributed by atoms with Crippen LogP contribution in [0, 0.1) is 5.82 Å². The van der Waals surface area contributed by atoms with E-state index in [4.69, 9.17) is 14.2 Å². The summed E-state index contributed by atoms with van der Waals surface area (Å²) in [6, 6.07) is 7.79. The first-order chi connectivity index (χ1) is 12.9. The molecule has 0 aliphatic heterocycles. The maximum atomic E-state index is 14.0. The first-order valence-corrected chi connectivity index (χ1v) is 9.17. The van der Waals surface area contributed by atoms with Gasteiger partial charge in [0.2, 0.25) is 0 Å². The average Bonchev–Trinajstić information content (AvgIpc) is 2.59. The lowest BCUT2D eigenvalue weighted by Crippen LogP contribution is -2.22. The Labute approximate surface area is 166 Å². The summed E-state index contributed by atoms with van der Waals surface area (Å²) in [6.45, 7) is 12.2. The lowest BCUT2D eigenvalue weighted by Gasteiger charge is -2.29. The molecular weight excluding hydrogens is 359 g/mol. The molecule has 0 heterocycles. The van der Waals surface area contributed by atoms with Crippen LogP contribution in [0.3, 0.4) is 0 Å². The highest BCUT2D eigenvalue weighted by atomic mass is 19.1. The molecule has 2 aromatic rings. The Hall–Kier alpha value is -2.56. The fourth-order valence-electron chi connectivity index (χ4n) is 2.89. The molecule has 2 rings (SSSR count). The van der Waals surface area contributed by atoms with Crippen LogP contribution < -0.4 is 14.2 Å². The van der Waals surface area contributed by atoms with E-state index in [0.717, 1.165) is 17.2 Å². The number of ether oxygens (including phenoxy) is 3. The standard InChI is InChI=1S/C23H29FO4/c1-22(2,3)16-12-15(26-7)13-17(23(4,5)6)20(16)28-21(25)14-9-10-19(27-8)18(24)11-14/h9-13H,1-8H3. The van der Waals surface area contributed by atoms with Crippen LogP contribution in [0.2, 0.25) is 0 Å². The Kier molecular flexibility index (Phi) is 6.07. The summed E-state index contributed by atoms with van der Waals surface area (Å²) >= 11 is 0. The zero-order chi connectivity index (χ0) is 21.3. The summed E-state index contributed by atoms with van der Waals surface area (Å²) in [6.07, 6.45) is 0. The molecule has 28 heavy (non-hydrogen) atoms. The van der Waals surface area contributed by atoms with Crippen LogP contribution >= 0.6 is 0 Å². The number of methoxy groups -OCH3 is 2. The summed E-state index contributed by atoms with van der Waals surface area (Å²) in [7, 11) is 2.99. The molecule has 0 spiro atoms. The number of esters is 1. The number of benzene rings is 2. The molecule has 0 atom stereocenters. The molecule has 0 unspecified atom stereocenters. The molecule has 0 radical (unpaired) electrons. The molecule has 0 fully saturated rings. The summed E-state index contributed by atoms with van der Waals surface area (Å²) in [4.78, 5) is 12.8. The van der Waals surface area contributed by atoms with Gasteiger partial charge in [0.1, 0.15) is 11.5 Å². The first kappa shape index (κ1) is 21.7. The monoisotopic (exact) mass is 388 g/mol. The van der Waals surface area contributed by atoms with Crippen molar-refractivity contribution in [2.45, 2.75) is 52.4 Å². The smallest absolute Gasteiger partial charge is 0.343 e. The Morgan fingerprint density at radius 1 is 0.857 bits per heavy atom. The third-order valence-electron chi connectivity index (χ3n) is 4.50. The maximum absolute atomic E-state index is 14.0. The number of carbonyl (C=O) groups is 1. The molecule has 4 nitrogen and oxygen atoms in total. The largest absolute Gasteiger partial charge is 0.497 e. The van der Waals surface area contributed by atoms with Crippen molar-refractivity contribution >= 4 is 5.97 Å². The predicted molar refractivity (Wildman–Crippen MR) is 108 cm³/mol. The molecule has 0 N–H and O–H groups in total. The van der Waals surface area contributed by atoms with Crippen LogP contribution in [0.15, 0.2) is 30.3 Å². The second-order valence-electron chi connectivity index (χ2n) is 8.79. The molecule has 152 valence electrons. The van der Waals surface area contributed by atoms with Gasteiger partial charge in [0.15, 0.2) is 11.6 Å². The van der Waals surface area contributed by atoms with E-state index < -0.39 is 11.8 Å². The molecule has 0 saturated heterocycles. The minimum atomic E-state index is -0.622. The van der Waals surface area contributed by atoms with Crippen molar-refractivity contribution in [3.63, 3.8) is 0 Å². The quantitative estimate of drug-likeness (QED) is 0.501. The van der Waals surface area contributed by atoms with Crippen molar-refractivity contribution in [1.29, 1.82) is 0 Å². The van der Waals surface area contributed by atoms with Gasteiger partial charge in [-0.25, -0.2) is 9.18 Å². The van der Waals surface area contributed by atoms with Crippen molar-refractivity contribution in [3.8, 4) is 17.2 Å². The van der Waals surface area contributed by atoms with E-state index in [0.29, 0.717) is 11.5 Å². The molecule has 2 aromatic carbocycles. The Morgan fingerprint density at radius 2 is 1.39 bits per heavy atom. The summed E-state index contributed by atoms with van der Waals surface area (Å²) < 4.78 is 30.3. The van der Waals surface area contributed by atoms with Crippen LogP contribution in [-0.2, 0) is 10.8 Å². The van der Waals surface area contributed by atoms with Gasteiger partial charge in [-0.15, -0.1) is 0 Å². The summed E-state index contributed by atoms with van der Waals surface area (Å²) in [5.41, 5.74) is 1.22. The molecule has 5 heteroatoms. The van der Waals surface area contributed by atoms with E-state index in [1.54, 1.807) is 7.11 Å². The van der Waals surface area contributed by atoms with Gasteiger partial charge >= 0.3 is 5.97 Å². The van der Waals surface area contributed by atoms with E-state index in [9.17, 15) is 9.18 Å². The van der Waals surface area contributed by atoms with E-state index in [1.165, 1.54) is 19.2 Å². The normalized spacial score (nSPS) is 11.9. The fourth-order valence-corrected chi connectivity index (χ4v) is 2.89. The zero-order valence-corrected chi connectivity index (χ0v) is 17.9. The van der Waals surface area contributed by atoms with E-state index in [1.807, 2.05) is 53.7 Å². The molecule has 0 aliphatic rings. The van der Waals surface area contributed by atoms with Crippen LogP contribution in [0.5, 0.6) is 17.2 Å². The van der Waals surface area contributed by atoms with Crippen LogP contribution in [0.25, 0.3) is 0 Å². The molecule has 0 bridgehead atoms. The van der Waals surface area contributed by atoms with Gasteiger partial charge in [-0.1, -0.05) is 41.5 Å². The predicted octanol–water partition coefficient (Wildman–Crippen LogP) is 5.66. The van der Waals surface area contributed by atoms with E-state index in [-0.39, 0.29) is 22.1 Å². The van der Waals surface area contributed by atoms with Crippen molar-refractivity contribution < 1.29 is 23.4 Å². The molecule has 0 aromatic heterocycles. The van der Waals surface area contributed by atoms with Gasteiger partial charge in [-0.3, -0.25) is 0 Å². The van der Waals surface area contributed by atoms with Gasteiger partial charge in [0, 0.05) is 11.1 Å². The molecule has 0 saturated carbocycles. The number of hydrogen-bond acceptors (Lipinski definition) is 4. The van der Waals surface area contributed by atoms with Crippen molar-refractivity contribution in [2.75, 3.05) is 14.2 Å². The third kappa shape index (κ3) is 4.64. The van der Waals surface area contributed by atoms with Gasteiger partial charge in [0.25, 0.3) is 0 Å². The second-order valence-corrected chi connectivity index (χ2v) is 8.79. The second kappa shape index (κ2) is 7.82. The van der Waals surface area contributed by atoms with Crippen LogP contribution in [0.1, 0.15) is 63.0 Å². The summed E-state index contributed by atoms with van der Waals surface area (Å²) in [5.74, 6) is 0.0282. The SMILES string of the molecule is COc1cc(C(C)(C)C)c(OC(=O)c2ccc(OC)c(F)c2)c(C(C)(C)C)c1. The zero-order valence-electron chi connectivity index (χ0n) is 17.9. The lowest BCUT2D eigenvalue weighted by atomic mass is 9.79. The Balaban J connectivity index is 2.59. The number of halogens is 1. The minimum Gasteiger partial charge on any atom is -0.497 e. The van der Waals surface area contributed by atoms with Gasteiger partial charge in [-0.05, 0) is 41.2 Å². The highest BCUT2D eigenvalue weighted by molar-refractivity contribution is 5.91. The topological polar surface area (TPSA) is 44.8 Å². The fraction of sp³-hybridized carbons (Fsp3) is 0.435. The van der Waals surface area contributed by atoms with Crippen LogP contribution in [-0.4, -0.2) is 20.2 Å². The summed E-state index contributed by atoms with van der Waals surface area (Å²) in [5, 5.41) is 0. The van der Waals surface area contributed by atoms with Gasteiger partial charge in [0.05, 0.1) is 19.8 Å². The van der Waals surface area contributed by atoms with Crippen LogP contribution in [0.4, 0.5) is 4.39 Å². The number of carbonyl (C=O) groups excluding carboxylic acids is 1. The molecule has 0 aliphatic carbocycles. The molecular formula is C23H29FO4. The Bertz CT molecular complexity index is 838. The minimum absolute atomic E-state index is 0.0757. The van der Waals surface area contributed by atoms with Crippen molar-refractivity contribution in [1.82, 2.24) is 0 Å². The lowest BCUT2D eigenvalue weighted by molar-refractivity contribution is 0.0728. The van der Waals surface area contributed by atoms with E-state index in [2.05, 4.69) is 0 Å². The van der Waals surface area contributed by atoms with Gasteiger partial charge in [-0.2, -0.15) is 0 Å². The average molecular weight is 388 g/mol. The third-order valence-corrected chi connectivity index (χ3v) is 4.50. The molecule has 0 amide bonds. The number of rotatable bonds is 4.